The number of rotatable bonds is 5. The number of amides is 1. The lowest BCUT2D eigenvalue weighted by molar-refractivity contribution is -0.119. The van der Waals surface area contributed by atoms with Crippen LogP contribution in [0.5, 0.6) is 0 Å². The molecule has 0 spiro atoms. The van der Waals surface area contributed by atoms with Crippen LogP contribution in [0.25, 0.3) is 0 Å². The van der Waals surface area contributed by atoms with Gasteiger partial charge in [-0.3, -0.25) is 4.79 Å². The van der Waals surface area contributed by atoms with Gasteiger partial charge in [-0.15, -0.1) is 0 Å². The van der Waals surface area contributed by atoms with E-state index in [4.69, 9.17) is 0 Å². The molecular formula is C12H12F5NO3. The van der Waals surface area contributed by atoms with Crippen molar-refractivity contribution in [2.24, 2.45) is 0 Å². The predicted molar refractivity (Wildman–Crippen MR) is 60.5 cm³/mol. The van der Waals surface area contributed by atoms with Gasteiger partial charge in [-0.25, -0.2) is 22.0 Å². The van der Waals surface area contributed by atoms with E-state index in [9.17, 15) is 37.0 Å². The number of aliphatic hydroxyl groups excluding tert-OH is 2. The Morgan fingerprint density at radius 3 is 1.86 bits per heavy atom. The molecule has 0 aliphatic heterocycles. The molecule has 0 aromatic heterocycles. The molecule has 1 aromatic rings. The second kappa shape index (κ2) is 6.81. The quantitative estimate of drug-likeness (QED) is 0.436. The van der Waals surface area contributed by atoms with E-state index in [0.717, 1.165) is 0 Å². The fraction of sp³-hybridized carbons (Fsp3) is 0.417. The normalized spacial score (nSPS) is 13.9. The third kappa shape index (κ3) is 3.67. The smallest absolute Gasteiger partial charge is 0.216 e. The van der Waals surface area contributed by atoms with Crippen LogP contribution in [0.1, 0.15) is 25.0 Å². The molecule has 0 aliphatic carbocycles. The average molecular weight is 313 g/mol. The molecule has 0 saturated heterocycles. The lowest BCUT2D eigenvalue weighted by Gasteiger charge is -2.20. The van der Waals surface area contributed by atoms with Crippen LogP contribution in [0.3, 0.4) is 0 Å². The highest BCUT2D eigenvalue weighted by Crippen LogP contribution is 2.30. The second-order valence-electron chi connectivity index (χ2n) is 4.27. The maximum atomic E-state index is 13.4. The largest absolute Gasteiger partial charge is 0.390 e. The molecule has 0 radical (unpaired) electrons. The zero-order valence-electron chi connectivity index (χ0n) is 10.8. The average Bonchev–Trinajstić information content (AvgIpc) is 2.42. The van der Waals surface area contributed by atoms with Crippen LogP contribution in [-0.4, -0.2) is 28.8 Å². The van der Waals surface area contributed by atoms with Gasteiger partial charge in [0.25, 0.3) is 0 Å². The summed E-state index contributed by atoms with van der Waals surface area (Å²) < 4.78 is 65.6. The highest BCUT2D eigenvalue weighted by atomic mass is 19.2. The van der Waals surface area contributed by atoms with Gasteiger partial charge >= 0.3 is 0 Å². The van der Waals surface area contributed by atoms with Crippen molar-refractivity contribution in [2.75, 3.05) is 6.54 Å². The summed E-state index contributed by atoms with van der Waals surface area (Å²) in [7, 11) is 0. The first kappa shape index (κ1) is 17.3. The molecule has 4 nitrogen and oxygen atoms in total. The van der Waals surface area contributed by atoms with Gasteiger partial charge in [0, 0.05) is 13.5 Å². The van der Waals surface area contributed by atoms with Crippen molar-refractivity contribution in [2.45, 2.75) is 25.6 Å². The molecule has 0 fully saturated rings. The molecule has 0 bridgehead atoms. The first-order valence-corrected chi connectivity index (χ1v) is 5.80. The van der Waals surface area contributed by atoms with Crippen molar-refractivity contribution in [3.63, 3.8) is 0 Å². The minimum Gasteiger partial charge on any atom is -0.390 e. The van der Waals surface area contributed by atoms with Gasteiger partial charge in [-0.2, -0.15) is 0 Å². The summed E-state index contributed by atoms with van der Waals surface area (Å²) >= 11 is 0. The van der Waals surface area contributed by atoms with Crippen molar-refractivity contribution in [1.82, 2.24) is 5.32 Å². The molecule has 0 heterocycles. The van der Waals surface area contributed by atoms with Crippen LogP contribution < -0.4 is 5.32 Å². The van der Waals surface area contributed by atoms with Crippen molar-refractivity contribution in [1.29, 1.82) is 0 Å². The number of carbonyl (C=O) groups is 1. The first-order chi connectivity index (χ1) is 9.68. The highest BCUT2D eigenvalue weighted by Gasteiger charge is 2.32. The number of nitrogens with one attached hydrogen (secondary N) is 1. The molecule has 1 rings (SSSR count). The second-order valence-corrected chi connectivity index (χ2v) is 4.27. The lowest BCUT2D eigenvalue weighted by Crippen LogP contribution is -2.29. The van der Waals surface area contributed by atoms with Gasteiger partial charge in [0.1, 0.15) is 6.10 Å². The molecule has 2 unspecified atom stereocenters. The third-order valence-corrected chi connectivity index (χ3v) is 2.72. The van der Waals surface area contributed by atoms with E-state index in [1.165, 1.54) is 6.92 Å². The zero-order valence-corrected chi connectivity index (χ0v) is 10.8. The van der Waals surface area contributed by atoms with Crippen LogP contribution in [0.4, 0.5) is 22.0 Å². The molecule has 0 saturated carbocycles. The molecule has 0 aliphatic rings. The summed E-state index contributed by atoms with van der Waals surface area (Å²) in [5, 5.41) is 21.3. The fourth-order valence-corrected chi connectivity index (χ4v) is 1.63. The standard InChI is InChI=1S/C12H12F5NO3/c1-4(19)18-3-2-5(20)12(21)6-7(13)9(15)11(17)10(16)8(6)14/h5,12,20-21H,2-3H2,1H3,(H,18,19). The van der Waals surface area contributed by atoms with Crippen LogP contribution >= 0.6 is 0 Å². The maximum absolute atomic E-state index is 13.4. The summed E-state index contributed by atoms with van der Waals surface area (Å²) in [6.45, 7) is 1.02. The highest BCUT2D eigenvalue weighted by molar-refractivity contribution is 5.72. The Hall–Kier alpha value is -1.74. The summed E-state index contributed by atoms with van der Waals surface area (Å²) in [6.07, 6.45) is -4.51. The molecular weight excluding hydrogens is 301 g/mol. The van der Waals surface area contributed by atoms with Crippen LogP contribution in [0.2, 0.25) is 0 Å². The van der Waals surface area contributed by atoms with Gasteiger partial charge in [-0.05, 0) is 6.42 Å². The summed E-state index contributed by atoms with van der Waals surface area (Å²) in [5.41, 5.74) is -1.51. The Morgan fingerprint density at radius 2 is 1.43 bits per heavy atom. The van der Waals surface area contributed by atoms with E-state index >= 15 is 0 Å². The van der Waals surface area contributed by atoms with Gasteiger partial charge < -0.3 is 15.5 Å². The number of aliphatic hydroxyl groups is 2. The van der Waals surface area contributed by atoms with Crippen molar-refractivity contribution in [3.05, 3.63) is 34.6 Å². The minimum atomic E-state index is -2.35. The molecule has 2 atom stereocenters. The topological polar surface area (TPSA) is 69.6 Å². The Kier molecular flexibility index (Phi) is 5.62. The fourth-order valence-electron chi connectivity index (χ4n) is 1.63. The van der Waals surface area contributed by atoms with Crippen LogP contribution in [-0.2, 0) is 4.79 Å². The Balaban J connectivity index is 3.02. The van der Waals surface area contributed by atoms with E-state index < -0.39 is 52.8 Å². The summed E-state index contributed by atoms with van der Waals surface area (Å²) in [6, 6.07) is 0. The van der Waals surface area contributed by atoms with E-state index in [-0.39, 0.29) is 13.0 Å². The number of halogens is 5. The molecule has 9 heteroatoms. The van der Waals surface area contributed by atoms with Gasteiger partial charge in [0.05, 0.1) is 11.7 Å². The van der Waals surface area contributed by atoms with E-state index in [2.05, 4.69) is 5.32 Å². The maximum Gasteiger partial charge on any atom is 0.216 e. The number of hydrogen-bond acceptors (Lipinski definition) is 3. The SMILES string of the molecule is CC(=O)NCCC(O)C(O)c1c(F)c(F)c(F)c(F)c1F. The van der Waals surface area contributed by atoms with Crippen LogP contribution in [0.15, 0.2) is 0 Å². The number of benzene rings is 1. The van der Waals surface area contributed by atoms with E-state index in [0.29, 0.717) is 0 Å². The molecule has 1 amide bonds. The van der Waals surface area contributed by atoms with E-state index in [1.54, 1.807) is 0 Å². The predicted octanol–water partition coefficient (Wildman–Crippen LogP) is 1.30. The Bertz CT molecular complexity index is 523. The molecule has 1 aromatic carbocycles. The number of hydrogen-bond donors (Lipinski definition) is 3. The summed E-state index contributed by atoms with van der Waals surface area (Å²) in [4.78, 5) is 10.6. The summed E-state index contributed by atoms with van der Waals surface area (Å²) in [5.74, 6) is -11.6. The molecule has 3 N–H and O–H groups in total. The van der Waals surface area contributed by atoms with Crippen molar-refractivity contribution >= 4 is 5.91 Å². The number of carbonyl (C=O) groups excluding carboxylic acids is 1. The zero-order chi connectivity index (χ0) is 16.3. The van der Waals surface area contributed by atoms with Crippen molar-refractivity contribution in [3.8, 4) is 0 Å². The Labute approximate surface area is 116 Å². The molecule has 21 heavy (non-hydrogen) atoms. The lowest BCUT2D eigenvalue weighted by atomic mass is 10.00. The van der Waals surface area contributed by atoms with Gasteiger partial charge in [0.15, 0.2) is 23.3 Å². The van der Waals surface area contributed by atoms with E-state index in [1.807, 2.05) is 0 Å². The van der Waals surface area contributed by atoms with Gasteiger partial charge in [0.2, 0.25) is 11.7 Å². The monoisotopic (exact) mass is 313 g/mol. The Morgan fingerprint density at radius 1 is 1.00 bits per heavy atom. The molecule has 118 valence electrons. The third-order valence-electron chi connectivity index (χ3n) is 2.72. The van der Waals surface area contributed by atoms with Gasteiger partial charge in [-0.1, -0.05) is 0 Å². The van der Waals surface area contributed by atoms with Crippen LogP contribution in [0, 0.1) is 29.1 Å². The minimum absolute atomic E-state index is 0.150. The first-order valence-electron chi connectivity index (χ1n) is 5.80. The van der Waals surface area contributed by atoms with Crippen molar-refractivity contribution < 1.29 is 37.0 Å².